The van der Waals surface area contributed by atoms with Gasteiger partial charge in [-0.3, -0.25) is 4.79 Å². The highest BCUT2D eigenvalue weighted by Crippen LogP contribution is 2.35. The van der Waals surface area contributed by atoms with Gasteiger partial charge in [0, 0.05) is 0 Å². The number of hydrazone groups is 1. The number of pyridine rings is 1. The second-order valence-electron chi connectivity index (χ2n) is 4.55. The van der Waals surface area contributed by atoms with Gasteiger partial charge >= 0.3 is 0 Å². The van der Waals surface area contributed by atoms with Crippen molar-refractivity contribution in [2.24, 2.45) is 5.10 Å². The molecule has 1 amide bonds. The molecule has 4 N–H and O–H groups in total. The number of nitrogens with one attached hydrogen (secondary N) is 1. The molecule has 0 bridgehead atoms. The van der Waals surface area contributed by atoms with Crippen LogP contribution < -0.4 is 15.9 Å². The SMILES string of the molecule is COc1cc(C=NNC(=O)c2nc(Cl)c(Cl)c(N)c2Cl)cc(Br)c1O. The maximum absolute atomic E-state index is 12.1. The van der Waals surface area contributed by atoms with Gasteiger partial charge in [-0.25, -0.2) is 10.4 Å². The third kappa shape index (κ3) is 4.27. The van der Waals surface area contributed by atoms with Crippen LogP contribution in [0, 0.1) is 0 Å². The highest BCUT2D eigenvalue weighted by molar-refractivity contribution is 9.10. The molecule has 0 unspecified atom stereocenters. The van der Waals surface area contributed by atoms with E-state index in [1.807, 2.05) is 0 Å². The van der Waals surface area contributed by atoms with E-state index in [1.165, 1.54) is 19.4 Å². The van der Waals surface area contributed by atoms with E-state index >= 15 is 0 Å². The number of nitrogen functional groups attached to an aromatic ring is 1. The lowest BCUT2D eigenvalue weighted by molar-refractivity contribution is 0.0950. The number of aromatic nitrogens is 1. The third-order valence-corrected chi connectivity index (χ3v) is 4.68. The van der Waals surface area contributed by atoms with Crippen LogP contribution >= 0.6 is 50.7 Å². The Kier molecular flexibility index (Phi) is 6.34. The summed E-state index contributed by atoms with van der Waals surface area (Å²) in [5.74, 6) is -0.536. The van der Waals surface area contributed by atoms with Gasteiger partial charge in [0.15, 0.2) is 22.3 Å². The number of hydrogen-bond acceptors (Lipinski definition) is 6. The van der Waals surface area contributed by atoms with E-state index in [4.69, 9.17) is 45.3 Å². The van der Waals surface area contributed by atoms with Crippen molar-refractivity contribution < 1.29 is 14.6 Å². The lowest BCUT2D eigenvalue weighted by Crippen LogP contribution is -2.20. The number of ether oxygens (including phenoxy) is 1. The van der Waals surface area contributed by atoms with Gasteiger partial charge in [0.25, 0.3) is 5.91 Å². The van der Waals surface area contributed by atoms with Crippen molar-refractivity contribution >= 4 is 68.5 Å². The van der Waals surface area contributed by atoms with Crippen LogP contribution in [0.1, 0.15) is 16.1 Å². The fraction of sp³-hybridized carbons (Fsp3) is 0.0714. The van der Waals surface area contributed by atoms with Gasteiger partial charge in [-0.2, -0.15) is 5.10 Å². The molecule has 1 aromatic carbocycles. The Bertz CT molecular complexity index is 877. The van der Waals surface area contributed by atoms with Crippen molar-refractivity contribution in [2.45, 2.75) is 0 Å². The van der Waals surface area contributed by atoms with Crippen molar-refractivity contribution in [3.63, 3.8) is 0 Å². The smallest absolute Gasteiger partial charge is 0.291 e. The molecule has 2 rings (SSSR count). The molecule has 132 valence electrons. The van der Waals surface area contributed by atoms with Gasteiger partial charge in [-0.1, -0.05) is 34.8 Å². The van der Waals surface area contributed by atoms with Crippen LogP contribution in [0.2, 0.25) is 15.2 Å². The molecule has 25 heavy (non-hydrogen) atoms. The van der Waals surface area contributed by atoms with Crippen LogP contribution in [0.3, 0.4) is 0 Å². The van der Waals surface area contributed by atoms with Gasteiger partial charge in [-0.15, -0.1) is 0 Å². The number of amides is 1. The number of phenols is 1. The maximum atomic E-state index is 12.1. The Hall–Kier alpha value is -1.74. The quantitative estimate of drug-likeness (QED) is 0.359. The fourth-order valence-electron chi connectivity index (χ4n) is 1.72. The summed E-state index contributed by atoms with van der Waals surface area (Å²) in [6.07, 6.45) is 1.33. The number of nitrogens with zero attached hydrogens (tertiary/aromatic N) is 2. The monoisotopic (exact) mass is 466 g/mol. The number of hydrogen-bond donors (Lipinski definition) is 3. The fourth-order valence-corrected chi connectivity index (χ4v) is 2.78. The van der Waals surface area contributed by atoms with Crippen LogP contribution in [-0.4, -0.2) is 29.3 Å². The molecule has 2 aromatic rings. The van der Waals surface area contributed by atoms with Crippen molar-refractivity contribution in [2.75, 3.05) is 12.8 Å². The molecule has 1 heterocycles. The Morgan fingerprint density at radius 3 is 2.72 bits per heavy atom. The van der Waals surface area contributed by atoms with Gasteiger partial charge in [-0.05, 0) is 33.6 Å². The highest BCUT2D eigenvalue weighted by Gasteiger charge is 2.19. The molecule has 0 aliphatic heterocycles. The molecule has 0 fully saturated rings. The summed E-state index contributed by atoms with van der Waals surface area (Å²) in [5, 5.41) is 13.2. The van der Waals surface area contributed by atoms with Crippen LogP contribution in [0.15, 0.2) is 21.7 Å². The first-order valence-electron chi connectivity index (χ1n) is 6.46. The molecule has 0 atom stereocenters. The number of rotatable bonds is 4. The molecule has 0 aliphatic rings. The third-order valence-electron chi connectivity index (χ3n) is 2.94. The van der Waals surface area contributed by atoms with E-state index in [1.54, 1.807) is 6.07 Å². The highest BCUT2D eigenvalue weighted by atomic mass is 79.9. The van der Waals surface area contributed by atoms with Gasteiger partial charge in [0.05, 0.1) is 28.5 Å². The summed E-state index contributed by atoms with van der Waals surface area (Å²) >= 11 is 20.7. The topological polar surface area (TPSA) is 110 Å². The van der Waals surface area contributed by atoms with Crippen LogP contribution in [0.25, 0.3) is 0 Å². The minimum atomic E-state index is -0.726. The normalized spacial score (nSPS) is 10.9. The summed E-state index contributed by atoms with van der Waals surface area (Å²) in [7, 11) is 1.41. The number of carbonyl (C=O) groups excluding carboxylic acids is 1. The second-order valence-corrected chi connectivity index (χ2v) is 6.51. The van der Waals surface area contributed by atoms with E-state index in [-0.39, 0.29) is 38.1 Å². The summed E-state index contributed by atoms with van der Waals surface area (Å²) in [4.78, 5) is 15.9. The van der Waals surface area contributed by atoms with Crippen molar-refractivity contribution in [1.82, 2.24) is 10.4 Å². The first-order chi connectivity index (χ1) is 11.8. The average Bonchev–Trinajstić information content (AvgIpc) is 2.58. The van der Waals surface area contributed by atoms with Crippen LogP contribution in [0.5, 0.6) is 11.5 Å². The lowest BCUT2D eigenvalue weighted by Gasteiger charge is -2.08. The second kappa shape index (κ2) is 8.09. The van der Waals surface area contributed by atoms with Crippen molar-refractivity contribution in [1.29, 1.82) is 0 Å². The first kappa shape index (κ1) is 19.6. The van der Waals surface area contributed by atoms with Gasteiger partial charge < -0.3 is 15.6 Å². The predicted molar refractivity (Wildman–Crippen MR) is 101 cm³/mol. The van der Waals surface area contributed by atoms with E-state index in [0.717, 1.165) is 0 Å². The van der Waals surface area contributed by atoms with Crippen molar-refractivity contribution in [3.05, 3.63) is 43.1 Å². The van der Waals surface area contributed by atoms with E-state index in [2.05, 4.69) is 31.4 Å². The van der Waals surface area contributed by atoms with Crippen LogP contribution in [-0.2, 0) is 0 Å². The summed E-state index contributed by atoms with van der Waals surface area (Å²) in [6.45, 7) is 0. The number of halogens is 4. The molecule has 1 aromatic heterocycles. The van der Waals surface area contributed by atoms with E-state index in [0.29, 0.717) is 10.0 Å². The zero-order valence-electron chi connectivity index (χ0n) is 12.5. The molecule has 7 nitrogen and oxygen atoms in total. The Labute approximate surface area is 165 Å². The van der Waals surface area contributed by atoms with E-state index in [9.17, 15) is 9.90 Å². The summed E-state index contributed by atoms with van der Waals surface area (Å²) in [5.41, 5.74) is 8.18. The Morgan fingerprint density at radius 2 is 2.08 bits per heavy atom. The Balaban J connectivity index is 2.21. The number of carbonyl (C=O) groups is 1. The summed E-state index contributed by atoms with van der Waals surface area (Å²) < 4.78 is 5.42. The largest absolute Gasteiger partial charge is 0.503 e. The van der Waals surface area contributed by atoms with Gasteiger partial charge in [0.2, 0.25) is 0 Å². The number of aromatic hydroxyl groups is 1. The molecular formula is C14H10BrCl3N4O3. The maximum Gasteiger partial charge on any atom is 0.291 e. The molecule has 0 aliphatic carbocycles. The molecule has 0 radical (unpaired) electrons. The number of methoxy groups -OCH3 is 1. The first-order valence-corrected chi connectivity index (χ1v) is 8.38. The average molecular weight is 469 g/mol. The molecule has 0 saturated carbocycles. The van der Waals surface area contributed by atoms with Gasteiger partial charge in [0.1, 0.15) is 5.02 Å². The minimum absolute atomic E-state index is 0.0345. The molecule has 0 saturated heterocycles. The molecule has 0 spiro atoms. The van der Waals surface area contributed by atoms with Crippen LogP contribution in [0.4, 0.5) is 5.69 Å². The molecular weight excluding hydrogens is 458 g/mol. The zero-order valence-corrected chi connectivity index (χ0v) is 16.3. The lowest BCUT2D eigenvalue weighted by atomic mass is 10.2. The van der Waals surface area contributed by atoms with Crippen molar-refractivity contribution in [3.8, 4) is 11.5 Å². The number of anilines is 1. The molecule has 11 heteroatoms. The summed E-state index contributed by atoms with van der Waals surface area (Å²) in [6, 6.07) is 3.11. The predicted octanol–water partition coefficient (Wildman–Crippen LogP) is 3.86. The number of phenolic OH excluding ortho intramolecular Hbond substituents is 1. The number of benzene rings is 1. The Morgan fingerprint density at radius 1 is 1.40 bits per heavy atom. The minimum Gasteiger partial charge on any atom is -0.503 e. The van der Waals surface area contributed by atoms with E-state index < -0.39 is 5.91 Å². The standard InChI is InChI=1S/C14H10BrCl3N4O3/c1-25-7-3-5(2-6(15)12(7)23)4-20-22-14(24)11-8(16)10(19)9(17)13(18)21-11/h2-4,23H,1H3,(H2,19,21)(H,22,24). The number of nitrogens with two attached hydrogens (primary N) is 1. The zero-order chi connectivity index (χ0) is 18.7.